The molecule has 6 aromatic carbocycles. The lowest BCUT2D eigenvalue weighted by Crippen LogP contribution is -2.55. The van der Waals surface area contributed by atoms with Gasteiger partial charge in [-0.3, -0.25) is 0 Å². The molecule has 13 atom stereocenters. The van der Waals surface area contributed by atoms with E-state index in [0.29, 0.717) is 31.4 Å². The number of rotatable bonds is 16. The van der Waals surface area contributed by atoms with Crippen LogP contribution in [0.5, 0.6) is 5.75 Å². The average Bonchev–Trinajstić information content (AvgIpc) is 1.55. The minimum atomic E-state index is -1.42. The van der Waals surface area contributed by atoms with Crippen LogP contribution in [0, 0.1) is 40.9 Å². The van der Waals surface area contributed by atoms with E-state index in [0.717, 1.165) is 121 Å². The number of furan rings is 1. The maximum absolute atomic E-state index is 17.5. The first-order chi connectivity index (χ1) is 48.6. The van der Waals surface area contributed by atoms with Gasteiger partial charge >= 0.3 is 0 Å². The van der Waals surface area contributed by atoms with Gasteiger partial charge in [-0.2, -0.15) is 0 Å². The molecule has 0 amide bonds. The maximum atomic E-state index is 17.5. The Hall–Kier alpha value is -9.86. The molecule has 0 radical (unpaired) electrons. The standard InChI is InChI=1S/C90H80F4N2O3/c1-3-57-29-41-67(42-30-57)97-69-45-33-59(34-46-69)89(87-81(91)25-15-26-82(87)92)77-23-13-11-21-71(77)73-49-37-65(55-79(73)89)95(61-17-7-5-8-18-61)63-39-51-85-75(53-63)76-54-64(40-52-86(76)99-85)96(62-19-9-6-10-20-62)66-38-50-74-72-22-12-14-24-78(72)90(80(74)56-66,88-83(93)27-16-28-84(88)94)60-35-47-70(48-36-60)98-68-43-31-58(4-2)32-44-68/h3-13,16-23,25,27,29-35,37-39,41,43,45-51,53-55,60,66-68,72,74,78,80,83-84,88H,1-2,14-15,24,26,28,36,40,42,44,52,56H2. The van der Waals surface area contributed by atoms with Crippen molar-refractivity contribution in [1.82, 2.24) is 0 Å². The van der Waals surface area contributed by atoms with E-state index in [1.807, 2.05) is 85.0 Å². The SMILES string of the molecule is C=CC1=CCC(OC2=CCC(C3(C4C(F)C=CCC4F)C4CCC=CC4C4C=CC(N(C5=Cc6c(oc7ccc(N(c8ccccc8)c8ccc9c(c8)C(C8=C(F)CCC=C8F)(c8ccc(OC%10C=CC(C=C)=CC%10)cc8)c8ccccc8-9)cc67)CC5)c5ccccc5)CC43)C=C2)C=C1. The molecule has 10 aliphatic carbocycles. The van der Waals surface area contributed by atoms with Crippen molar-refractivity contribution in [2.75, 3.05) is 9.80 Å². The highest BCUT2D eigenvalue weighted by molar-refractivity contribution is 5.96. The van der Waals surface area contributed by atoms with E-state index < -0.39 is 40.7 Å². The molecule has 1 saturated carbocycles. The van der Waals surface area contributed by atoms with Crippen molar-refractivity contribution in [2.45, 2.75) is 107 Å². The van der Waals surface area contributed by atoms with Crippen molar-refractivity contribution in [3.8, 4) is 16.9 Å². The second-order valence-electron chi connectivity index (χ2n) is 28.4. The van der Waals surface area contributed by atoms with Crippen molar-refractivity contribution in [2.24, 2.45) is 40.9 Å². The minimum absolute atomic E-state index is 0.0324. The molecule has 0 bridgehead atoms. The Morgan fingerprint density at radius 3 is 2.02 bits per heavy atom. The van der Waals surface area contributed by atoms with E-state index >= 15 is 17.6 Å². The number of para-hydroxylation sites is 2. The number of ether oxygens (including phenoxy) is 2. The van der Waals surface area contributed by atoms with Crippen LogP contribution in [0.1, 0.15) is 92.2 Å². The first kappa shape index (κ1) is 62.6. The highest BCUT2D eigenvalue weighted by Crippen LogP contribution is 2.71. The molecule has 99 heavy (non-hydrogen) atoms. The van der Waals surface area contributed by atoms with Crippen LogP contribution in [0.2, 0.25) is 0 Å². The van der Waals surface area contributed by atoms with Crippen molar-refractivity contribution in [3.63, 3.8) is 0 Å². The second-order valence-corrected chi connectivity index (χ2v) is 28.4. The molecule has 5 nitrogen and oxygen atoms in total. The van der Waals surface area contributed by atoms with Crippen LogP contribution in [-0.4, -0.2) is 30.6 Å². The van der Waals surface area contributed by atoms with Crippen LogP contribution in [0.4, 0.5) is 40.3 Å². The molecule has 0 saturated heterocycles. The van der Waals surface area contributed by atoms with Gasteiger partial charge in [0.1, 0.15) is 59.1 Å². The Morgan fingerprint density at radius 1 is 0.576 bits per heavy atom. The monoisotopic (exact) mass is 1310 g/mol. The molecule has 0 N–H and O–H groups in total. The van der Waals surface area contributed by atoms with E-state index in [1.165, 1.54) is 6.08 Å². The number of hydrogen-bond donors (Lipinski definition) is 0. The number of allylic oxidation sites excluding steroid dienone is 19. The van der Waals surface area contributed by atoms with Crippen molar-refractivity contribution < 1.29 is 31.5 Å². The molecule has 1 aromatic heterocycles. The zero-order valence-corrected chi connectivity index (χ0v) is 55.5. The molecule has 7 aromatic rings. The Morgan fingerprint density at radius 2 is 1.29 bits per heavy atom. The highest BCUT2D eigenvalue weighted by Gasteiger charge is 2.68. The predicted molar refractivity (Wildman–Crippen MR) is 392 cm³/mol. The maximum Gasteiger partial charge on any atom is 0.135 e. The summed E-state index contributed by atoms with van der Waals surface area (Å²) in [5.41, 5.74) is 10.8. The van der Waals surface area contributed by atoms with E-state index in [4.69, 9.17) is 13.9 Å². The summed E-state index contributed by atoms with van der Waals surface area (Å²) in [6, 6.07) is 49.5. The van der Waals surface area contributed by atoms with Gasteiger partial charge in [0.05, 0.1) is 11.5 Å². The van der Waals surface area contributed by atoms with Crippen LogP contribution in [0.15, 0.2) is 312 Å². The van der Waals surface area contributed by atoms with Crippen LogP contribution >= 0.6 is 0 Å². The number of alkyl halides is 2. The van der Waals surface area contributed by atoms with Crippen LogP contribution in [-0.2, 0) is 16.6 Å². The smallest absolute Gasteiger partial charge is 0.135 e. The molecule has 1 fully saturated rings. The number of hydrogen-bond acceptors (Lipinski definition) is 5. The lowest BCUT2D eigenvalue weighted by Gasteiger charge is -2.55. The zero-order valence-electron chi connectivity index (χ0n) is 55.5. The normalized spacial score (nSPS) is 29.3. The summed E-state index contributed by atoms with van der Waals surface area (Å²) in [7, 11) is 0. The summed E-state index contributed by atoms with van der Waals surface area (Å²) in [5.74, 6) is 0.707. The molecule has 0 aliphatic heterocycles. The second kappa shape index (κ2) is 25.8. The topological polar surface area (TPSA) is 38.1 Å². The molecule has 17 rings (SSSR count). The molecular formula is C90H80F4N2O3. The highest BCUT2D eigenvalue weighted by atomic mass is 19.2. The van der Waals surface area contributed by atoms with Gasteiger partial charge < -0.3 is 23.7 Å². The van der Waals surface area contributed by atoms with E-state index in [2.05, 4.69) is 181 Å². The fourth-order valence-electron chi connectivity index (χ4n) is 19.4. The summed E-state index contributed by atoms with van der Waals surface area (Å²) in [6.07, 6.45) is 43.0. The number of nitrogens with zero attached hydrogens (tertiary/aromatic N) is 2. The van der Waals surface area contributed by atoms with Crippen molar-refractivity contribution >= 4 is 39.8 Å². The quantitative estimate of drug-likeness (QED) is 0.0712. The van der Waals surface area contributed by atoms with E-state index in [1.54, 1.807) is 12.2 Å². The number of aryl methyl sites for hydroxylation is 1. The predicted octanol–water partition coefficient (Wildman–Crippen LogP) is 23.0. The van der Waals surface area contributed by atoms with Gasteiger partial charge in [-0.1, -0.05) is 171 Å². The Labute approximate surface area is 578 Å². The molecule has 0 spiro atoms. The lowest BCUT2D eigenvalue weighted by atomic mass is 9.50. The van der Waals surface area contributed by atoms with Crippen LogP contribution in [0.3, 0.4) is 0 Å². The summed E-state index contributed by atoms with van der Waals surface area (Å²) < 4.78 is 89.6. The molecule has 9 heteroatoms. The van der Waals surface area contributed by atoms with E-state index in [-0.39, 0.29) is 72.7 Å². The van der Waals surface area contributed by atoms with Gasteiger partial charge in [0.25, 0.3) is 0 Å². The van der Waals surface area contributed by atoms with Gasteiger partial charge in [0, 0.05) is 76.6 Å². The third-order valence-electron chi connectivity index (χ3n) is 23.4. The van der Waals surface area contributed by atoms with Gasteiger partial charge in [-0.15, -0.1) is 0 Å². The lowest BCUT2D eigenvalue weighted by molar-refractivity contribution is -0.0815. The Bertz CT molecular complexity index is 4750. The number of benzene rings is 6. The summed E-state index contributed by atoms with van der Waals surface area (Å²) >= 11 is 0. The van der Waals surface area contributed by atoms with Crippen molar-refractivity contribution in [3.05, 3.63) is 336 Å². The van der Waals surface area contributed by atoms with Crippen LogP contribution in [0.25, 0.3) is 28.2 Å². The summed E-state index contributed by atoms with van der Waals surface area (Å²) in [5, 5.41) is 0.956. The van der Waals surface area contributed by atoms with E-state index in [9.17, 15) is 0 Å². The largest absolute Gasteiger partial charge is 0.486 e. The fourth-order valence-corrected chi connectivity index (χ4v) is 19.4. The summed E-state index contributed by atoms with van der Waals surface area (Å²) in [4.78, 5) is 4.76. The molecule has 1 heterocycles. The fraction of sp³-hybridized carbons (Fsp3) is 0.267. The third-order valence-corrected chi connectivity index (χ3v) is 23.4. The molecule has 13 unspecified atom stereocenters. The number of anilines is 4. The number of fused-ring (bicyclic) bond motifs is 9. The Kier molecular flexibility index (Phi) is 16.3. The van der Waals surface area contributed by atoms with Gasteiger partial charge in [-0.05, 0) is 222 Å². The minimum Gasteiger partial charge on any atom is -0.486 e. The van der Waals surface area contributed by atoms with Crippen LogP contribution < -0.4 is 14.5 Å². The summed E-state index contributed by atoms with van der Waals surface area (Å²) in [6.45, 7) is 7.86. The van der Waals surface area contributed by atoms with Gasteiger partial charge in [0.15, 0.2) is 0 Å². The Balaban J connectivity index is 0.754. The van der Waals surface area contributed by atoms with Crippen molar-refractivity contribution in [1.29, 1.82) is 0 Å². The molecule has 10 aliphatic rings. The average molecular weight is 1310 g/mol. The first-order valence-electron chi connectivity index (χ1n) is 35.7. The number of halogens is 4. The van der Waals surface area contributed by atoms with Gasteiger partial charge in [0.2, 0.25) is 0 Å². The van der Waals surface area contributed by atoms with Gasteiger partial charge in [-0.25, -0.2) is 17.6 Å². The third kappa shape index (κ3) is 10.6. The molecule has 496 valence electrons. The molecular weight excluding hydrogens is 1230 g/mol. The first-order valence-corrected chi connectivity index (χ1v) is 35.7. The zero-order chi connectivity index (χ0) is 66.9.